The van der Waals surface area contributed by atoms with Crippen molar-refractivity contribution in [1.29, 1.82) is 0 Å². The minimum atomic E-state index is -0.130. The number of carbonyl (C=O) groups is 1. The van der Waals surface area contributed by atoms with Crippen LogP contribution in [0.25, 0.3) is 11.5 Å². The maximum absolute atomic E-state index is 12.3. The van der Waals surface area contributed by atoms with Gasteiger partial charge in [0.2, 0.25) is 5.91 Å². The van der Waals surface area contributed by atoms with E-state index >= 15 is 0 Å². The molecular formula is C19H20N4O2. The topological polar surface area (TPSA) is 71.3 Å². The van der Waals surface area contributed by atoms with Crippen LogP contribution < -0.4 is 10.2 Å². The summed E-state index contributed by atoms with van der Waals surface area (Å²) < 4.78 is 5.27. The number of para-hydroxylation sites is 1. The number of anilines is 2. The molecule has 1 N–H and O–H groups in total. The number of aryl methyl sites for hydroxylation is 1. The third-order valence-corrected chi connectivity index (χ3v) is 3.83. The normalized spacial score (nSPS) is 10.5. The fourth-order valence-corrected chi connectivity index (χ4v) is 2.50. The summed E-state index contributed by atoms with van der Waals surface area (Å²) in [6.45, 7) is 2.19. The van der Waals surface area contributed by atoms with Crippen molar-refractivity contribution in [3.8, 4) is 11.5 Å². The minimum Gasteiger partial charge on any atom is -0.332 e. The van der Waals surface area contributed by atoms with E-state index in [1.54, 1.807) is 11.9 Å². The number of likely N-dealkylation sites (N-methyl/N-ethyl adjacent to an activating group) is 1. The number of nitrogens with zero attached hydrogens (tertiary/aromatic N) is 3. The first-order valence-electron chi connectivity index (χ1n) is 8.15. The molecule has 3 aromatic rings. The maximum atomic E-state index is 12.3. The second kappa shape index (κ2) is 7.61. The number of benzene rings is 2. The molecule has 0 spiro atoms. The molecule has 6 heteroatoms. The highest BCUT2D eigenvalue weighted by Crippen LogP contribution is 2.19. The van der Waals surface area contributed by atoms with Crippen LogP contribution in [-0.4, -0.2) is 29.6 Å². The molecule has 0 aliphatic heterocycles. The lowest BCUT2D eigenvalue weighted by atomic mass is 10.1. The number of hydrogen-bond donors (Lipinski definition) is 1. The van der Waals surface area contributed by atoms with Gasteiger partial charge >= 0.3 is 0 Å². The van der Waals surface area contributed by atoms with Gasteiger partial charge < -0.3 is 14.7 Å². The molecule has 25 heavy (non-hydrogen) atoms. The zero-order valence-corrected chi connectivity index (χ0v) is 14.3. The van der Waals surface area contributed by atoms with Crippen molar-refractivity contribution in [2.24, 2.45) is 0 Å². The summed E-state index contributed by atoms with van der Waals surface area (Å²) in [7, 11) is 1.75. The lowest BCUT2D eigenvalue weighted by Crippen LogP contribution is -2.31. The highest BCUT2D eigenvalue weighted by molar-refractivity contribution is 5.94. The Hall–Kier alpha value is -3.15. The molecule has 1 aromatic heterocycles. The van der Waals surface area contributed by atoms with E-state index in [0.717, 1.165) is 23.2 Å². The molecule has 0 atom stereocenters. The van der Waals surface area contributed by atoms with Gasteiger partial charge in [0.25, 0.3) is 11.8 Å². The number of rotatable bonds is 6. The standard InChI is InChI=1S/C19H20N4O2/c1-3-14-9-7-8-12-16(14)20-17(24)13-23(2)19-21-18(25-22-19)15-10-5-4-6-11-15/h4-12H,3,13H2,1-2H3,(H,20,24). The molecule has 0 saturated carbocycles. The van der Waals surface area contributed by atoms with E-state index in [4.69, 9.17) is 4.52 Å². The predicted molar refractivity (Wildman–Crippen MR) is 97.5 cm³/mol. The molecule has 0 unspecified atom stereocenters. The SMILES string of the molecule is CCc1ccccc1NC(=O)CN(C)c1noc(-c2ccccc2)n1. The van der Waals surface area contributed by atoms with Crippen molar-refractivity contribution in [3.63, 3.8) is 0 Å². The Balaban J connectivity index is 1.65. The third kappa shape index (κ3) is 4.03. The van der Waals surface area contributed by atoms with Gasteiger partial charge in [-0.05, 0) is 35.3 Å². The van der Waals surface area contributed by atoms with Gasteiger partial charge in [-0.1, -0.05) is 43.3 Å². The van der Waals surface area contributed by atoms with E-state index in [9.17, 15) is 4.79 Å². The molecule has 1 heterocycles. The van der Waals surface area contributed by atoms with Crippen LogP contribution >= 0.6 is 0 Å². The van der Waals surface area contributed by atoms with E-state index in [-0.39, 0.29) is 12.5 Å². The first kappa shape index (κ1) is 16.7. The molecular weight excluding hydrogens is 316 g/mol. The zero-order valence-electron chi connectivity index (χ0n) is 14.3. The highest BCUT2D eigenvalue weighted by Gasteiger charge is 2.15. The first-order chi connectivity index (χ1) is 12.2. The van der Waals surface area contributed by atoms with Gasteiger partial charge in [-0.15, -0.1) is 0 Å². The van der Waals surface area contributed by atoms with Crippen molar-refractivity contribution in [2.75, 3.05) is 23.8 Å². The van der Waals surface area contributed by atoms with E-state index in [0.29, 0.717) is 11.8 Å². The Morgan fingerprint density at radius 2 is 1.84 bits per heavy atom. The van der Waals surface area contributed by atoms with Crippen molar-refractivity contribution in [3.05, 3.63) is 60.2 Å². The summed E-state index contributed by atoms with van der Waals surface area (Å²) in [6, 6.07) is 17.3. The molecule has 0 aliphatic carbocycles. The second-order valence-electron chi connectivity index (χ2n) is 5.68. The third-order valence-electron chi connectivity index (χ3n) is 3.83. The number of aromatic nitrogens is 2. The molecule has 128 valence electrons. The van der Waals surface area contributed by atoms with Crippen molar-refractivity contribution in [2.45, 2.75) is 13.3 Å². The first-order valence-corrected chi connectivity index (χ1v) is 8.15. The fourth-order valence-electron chi connectivity index (χ4n) is 2.50. The molecule has 0 fully saturated rings. The summed E-state index contributed by atoms with van der Waals surface area (Å²) in [4.78, 5) is 18.3. The molecule has 3 rings (SSSR count). The average Bonchev–Trinajstić information content (AvgIpc) is 3.13. The van der Waals surface area contributed by atoms with Crippen molar-refractivity contribution >= 4 is 17.5 Å². The molecule has 0 radical (unpaired) electrons. The van der Waals surface area contributed by atoms with Gasteiger partial charge in [-0.2, -0.15) is 4.98 Å². The maximum Gasteiger partial charge on any atom is 0.266 e. The van der Waals surface area contributed by atoms with Crippen LogP contribution in [0.15, 0.2) is 59.1 Å². The van der Waals surface area contributed by atoms with Crippen LogP contribution in [0.3, 0.4) is 0 Å². The fraction of sp³-hybridized carbons (Fsp3) is 0.211. The lowest BCUT2D eigenvalue weighted by Gasteiger charge is -2.15. The van der Waals surface area contributed by atoms with Crippen LogP contribution in [0.5, 0.6) is 0 Å². The monoisotopic (exact) mass is 336 g/mol. The van der Waals surface area contributed by atoms with Gasteiger partial charge in [0, 0.05) is 18.3 Å². The Bertz CT molecular complexity index is 845. The number of carbonyl (C=O) groups excluding carboxylic acids is 1. The van der Waals surface area contributed by atoms with Crippen LogP contribution in [0.2, 0.25) is 0 Å². The highest BCUT2D eigenvalue weighted by atomic mass is 16.5. The number of nitrogens with one attached hydrogen (secondary N) is 1. The van der Waals surface area contributed by atoms with E-state index < -0.39 is 0 Å². The van der Waals surface area contributed by atoms with Crippen molar-refractivity contribution in [1.82, 2.24) is 10.1 Å². The molecule has 0 bridgehead atoms. The quantitative estimate of drug-likeness (QED) is 0.747. The largest absolute Gasteiger partial charge is 0.332 e. The van der Waals surface area contributed by atoms with Crippen LogP contribution in [0, 0.1) is 0 Å². The number of amides is 1. The van der Waals surface area contributed by atoms with Crippen LogP contribution in [0.1, 0.15) is 12.5 Å². The smallest absolute Gasteiger partial charge is 0.266 e. The van der Waals surface area contributed by atoms with Gasteiger partial charge in [0.1, 0.15) is 0 Å². The van der Waals surface area contributed by atoms with Gasteiger partial charge in [0.05, 0.1) is 6.54 Å². The number of hydrogen-bond acceptors (Lipinski definition) is 5. The molecule has 1 amide bonds. The van der Waals surface area contributed by atoms with Gasteiger partial charge in [-0.3, -0.25) is 4.79 Å². The molecule has 0 aliphatic rings. The molecule has 2 aromatic carbocycles. The van der Waals surface area contributed by atoms with E-state index in [1.165, 1.54) is 0 Å². The predicted octanol–water partition coefficient (Wildman–Crippen LogP) is 3.37. The summed E-state index contributed by atoms with van der Waals surface area (Å²) in [5, 5.41) is 6.88. The Morgan fingerprint density at radius 3 is 2.60 bits per heavy atom. The van der Waals surface area contributed by atoms with Crippen molar-refractivity contribution < 1.29 is 9.32 Å². The lowest BCUT2D eigenvalue weighted by molar-refractivity contribution is -0.114. The van der Waals surface area contributed by atoms with Crippen LogP contribution in [-0.2, 0) is 11.2 Å². The average molecular weight is 336 g/mol. The van der Waals surface area contributed by atoms with Crippen LogP contribution in [0.4, 0.5) is 11.6 Å². The van der Waals surface area contributed by atoms with Gasteiger partial charge in [0.15, 0.2) is 0 Å². The molecule has 0 saturated heterocycles. The Kier molecular flexibility index (Phi) is 5.09. The Labute approximate surface area is 146 Å². The summed E-state index contributed by atoms with van der Waals surface area (Å²) in [5.41, 5.74) is 2.78. The summed E-state index contributed by atoms with van der Waals surface area (Å²) in [5.74, 6) is 0.673. The molecule has 6 nitrogen and oxygen atoms in total. The van der Waals surface area contributed by atoms with Gasteiger partial charge in [-0.25, -0.2) is 0 Å². The minimum absolute atomic E-state index is 0.130. The zero-order chi connectivity index (χ0) is 17.6. The van der Waals surface area contributed by atoms with E-state index in [2.05, 4.69) is 22.4 Å². The second-order valence-corrected chi connectivity index (χ2v) is 5.68. The van der Waals surface area contributed by atoms with E-state index in [1.807, 2.05) is 54.6 Å². The Morgan fingerprint density at radius 1 is 1.12 bits per heavy atom. The summed E-state index contributed by atoms with van der Waals surface area (Å²) >= 11 is 0. The summed E-state index contributed by atoms with van der Waals surface area (Å²) in [6.07, 6.45) is 0.859.